The molecule has 2 rings (SSSR count). The summed E-state index contributed by atoms with van der Waals surface area (Å²) in [7, 11) is 0. The van der Waals surface area contributed by atoms with Crippen LogP contribution in [0.1, 0.15) is 37.6 Å². The molecule has 0 saturated carbocycles. The third-order valence-corrected chi connectivity index (χ3v) is 3.84. The fraction of sp³-hybridized carbons (Fsp3) is 0.588. The Bertz CT molecular complexity index is 465. The lowest BCUT2D eigenvalue weighted by Crippen LogP contribution is -3.16. The summed E-state index contributed by atoms with van der Waals surface area (Å²) in [6, 6.07) is 7.51. The molecule has 1 aliphatic rings. The number of Topliss-reactive ketones (excluding diaryl/α,β-unsaturated/α-hetero) is 1. The van der Waals surface area contributed by atoms with Crippen LogP contribution < -0.4 is 9.64 Å². The van der Waals surface area contributed by atoms with E-state index in [0.29, 0.717) is 36.5 Å². The molecular formula is C17H26NO3+. The van der Waals surface area contributed by atoms with E-state index in [4.69, 9.17) is 9.47 Å². The van der Waals surface area contributed by atoms with Gasteiger partial charge >= 0.3 is 0 Å². The fourth-order valence-electron chi connectivity index (χ4n) is 2.91. The van der Waals surface area contributed by atoms with Gasteiger partial charge in [0.25, 0.3) is 0 Å². The molecule has 4 nitrogen and oxygen atoms in total. The van der Waals surface area contributed by atoms with Crippen LogP contribution in [-0.2, 0) is 4.74 Å². The predicted molar refractivity (Wildman–Crippen MR) is 82.1 cm³/mol. The van der Waals surface area contributed by atoms with Gasteiger partial charge in [-0.1, -0.05) is 19.1 Å². The van der Waals surface area contributed by atoms with Gasteiger partial charge < -0.3 is 14.4 Å². The molecule has 116 valence electrons. The maximum atomic E-state index is 11.9. The van der Waals surface area contributed by atoms with Crippen molar-refractivity contribution >= 4 is 5.78 Å². The Morgan fingerprint density at radius 2 is 1.95 bits per heavy atom. The van der Waals surface area contributed by atoms with Crippen molar-refractivity contribution in [1.29, 1.82) is 0 Å². The normalized spacial score (nSPS) is 25.6. The predicted octanol–water partition coefficient (Wildman–Crippen LogP) is 1.35. The van der Waals surface area contributed by atoms with Crippen LogP contribution >= 0.6 is 0 Å². The summed E-state index contributed by atoms with van der Waals surface area (Å²) in [6.07, 6.45) is 1.11. The number of hydrogen-bond acceptors (Lipinski definition) is 3. The van der Waals surface area contributed by atoms with Crippen LogP contribution in [0.3, 0.4) is 0 Å². The Morgan fingerprint density at radius 1 is 1.29 bits per heavy atom. The van der Waals surface area contributed by atoms with E-state index in [2.05, 4.69) is 13.8 Å². The number of nitrogens with one attached hydrogen (secondary N) is 1. The molecule has 1 aromatic rings. The summed E-state index contributed by atoms with van der Waals surface area (Å²) in [6.45, 7) is 9.71. The molecule has 0 unspecified atom stereocenters. The second-order valence-electron chi connectivity index (χ2n) is 5.79. The second kappa shape index (κ2) is 7.57. The molecular weight excluding hydrogens is 266 g/mol. The monoisotopic (exact) mass is 292 g/mol. The Balaban J connectivity index is 1.87. The zero-order valence-electron chi connectivity index (χ0n) is 13.2. The molecule has 0 radical (unpaired) electrons. The van der Waals surface area contributed by atoms with E-state index >= 15 is 0 Å². The Hall–Kier alpha value is -1.39. The first-order valence-corrected chi connectivity index (χ1v) is 7.84. The molecule has 2 atom stereocenters. The highest BCUT2D eigenvalue weighted by Gasteiger charge is 2.25. The summed E-state index contributed by atoms with van der Waals surface area (Å²) in [4.78, 5) is 13.4. The number of morpholine rings is 1. The highest BCUT2D eigenvalue weighted by Crippen LogP contribution is 2.19. The van der Waals surface area contributed by atoms with Crippen LogP contribution in [0.15, 0.2) is 24.3 Å². The molecule has 0 aromatic heterocycles. The average Bonchev–Trinajstić information content (AvgIpc) is 2.46. The first-order valence-electron chi connectivity index (χ1n) is 7.84. The van der Waals surface area contributed by atoms with E-state index < -0.39 is 0 Å². The number of quaternary nitrogens is 1. The molecule has 0 bridgehead atoms. The van der Waals surface area contributed by atoms with Gasteiger partial charge in [-0.3, -0.25) is 4.79 Å². The van der Waals surface area contributed by atoms with E-state index in [1.807, 2.05) is 31.2 Å². The van der Waals surface area contributed by atoms with Crippen molar-refractivity contribution in [2.24, 2.45) is 0 Å². The number of hydrogen-bond donors (Lipinski definition) is 1. The minimum Gasteiger partial charge on any atom is -0.487 e. The van der Waals surface area contributed by atoms with Crippen LogP contribution in [0.4, 0.5) is 0 Å². The van der Waals surface area contributed by atoms with Crippen LogP contribution in [0.25, 0.3) is 0 Å². The first kappa shape index (κ1) is 16.0. The number of rotatable bonds is 6. The van der Waals surface area contributed by atoms with E-state index in [9.17, 15) is 4.79 Å². The van der Waals surface area contributed by atoms with E-state index in [0.717, 1.165) is 19.6 Å². The topological polar surface area (TPSA) is 40.0 Å². The number of ether oxygens (including phenoxy) is 2. The fourth-order valence-corrected chi connectivity index (χ4v) is 2.91. The quantitative estimate of drug-likeness (QED) is 0.805. The molecule has 21 heavy (non-hydrogen) atoms. The lowest BCUT2D eigenvalue weighted by Gasteiger charge is -2.32. The van der Waals surface area contributed by atoms with Gasteiger partial charge in [0.1, 0.15) is 44.2 Å². The lowest BCUT2D eigenvalue weighted by molar-refractivity contribution is -0.915. The largest absolute Gasteiger partial charge is 0.487 e. The molecule has 1 fully saturated rings. The van der Waals surface area contributed by atoms with Crippen LogP contribution in [0, 0.1) is 0 Å². The van der Waals surface area contributed by atoms with Gasteiger partial charge in [0.05, 0.1) is 5.56 Å². The van der Waals surface area contributed by atoms with Crippen molar-refractivity contribution in [2.75, 3.05) is 26.2 Å². The van der Waals surface area contributed by atoms with Crippen LogP contribution in [0.2, 0.25) is 0 Å². The van der Waals surface area contributed by atoms with Crippen molar-refractivity contribution in [3.63, 3.8) is 0 Å². The second-order valence-corrected chi connectivity index (χ2v) is 5.79. The third-order valence-electron chi connectivity index (χ3n) is 3.84. The summed E-state index contributed by atoms with van der Waals surface area (Å²) in [5.41, 5.74) is 0.693. The highest BCUT2D eigenvalue weighted by molar-refractivity contribution is 5.98. The van der Waals surface area contributed by atoms with Gasteiger partial charge in [-0.2, -0.15) is 0 Å². The Labute approximate surface area is 127 Å². The smallest absolute Gasteiger partial charge is 0.166 e. The zero-order chi connectivity index (χ0) is 15.2. The maximum absolute atomic E-state index is 11.9. The summed E-state index contributed by atoms with van der Waals surface area (Å²) < 4.78 is 11.6. The summed E-state index contributed by atoms with van der Waals surface area (Å²) in [5, 5.41) is 0. The number of ketones is 1. The first-order chi connectivity index (χ1) is 10.1. The Kier molecular flexibility index (Phi) is 5.76. The van der Waals surface area contributed by atoms with Gasteiger partial charge in [0.2, 0.25) is 0 Å². The van der Waals surface area contributed by atoms with Crippen molar-refractivity contribution in [2.45, 2.75) is 39.4 Å². The SMILES string of the molecule is CCC(=O)c1ccccc1OCC[NH+]1C[C@@H](C)O[C@H](C)C1. The van der Waals surface area contributed by atoms with E-state index in [1.165, 1.54) is 4.90 Å². The molecule has 4 heteroatoms. The van der Waals surface area contributed by atoms with Crippen molar-refractivity contribution in [3.8, 4) is 5.75 Å². The van der Waals surface area contributed by atoms with Crippen molar-refractivity contribution < 1.29 is 19.2 Å². The van der Waals surface area contributed by atoms with E-state index in [1.54, 1.807) is 0 Å². The number of carbonyl (C=O) groups excluding carboxylic acids is 1. The van der Waals surface area contributed by atoms with Gasteiger partial charge in [-0.15, -0.1) is 0 Å². The van der Waals surface area contributed by atoms with Crippen molar-refractivity contribution in [3.05, 3.63) is 29.8 Å². The van der Waals surface area contributed by atoms with Crippen LogP contribution in [-0.4, -0.2) is 44.2 Å². The molecule has 1 aromatic carbocycles. The molecule has 1 aliphatic heterocycles. The van der Waals surface area contributed by atoms with Gasteiger partial charge in [0, 0.05) is 6.42 Å². The maximum Gasteiger partial charge on any atom is 0.166 e. The molecule has 0 aliphatic carbocycles. The number of carbonyl (C=O) groups is 1. The summed E-state index contributed by atoms with van der Waals surface area (Å²) >= 11 is 0. The average molecular weight is 292 g/mol. The highest BCUT2D eigenvalue weighted by atomic mass is 16.5. The molecule has 0 spiro atoms. The number of benzene rings is 1. The Morgan fingerprint density at radius 3 is 2.62 bits per heavy atom. The van der Waals surface area contributed by atoms with Crippen LogP contribution in [0.5, 0.6) is 5.75 Å². The molecule has 1 N–H and O–H groups in total. The van der Waals surface area contributed by atoms with Gasteiger partial charge in [-0.05, 0) is 26.0 Å². The summed E-state index contributed by atoms with van der Waals surface area (Å²) in [5.74, 6) is 0.838. The molecule has 1 heterocycles. The van der Waals surface area contributed by atoms with E-state index in [-0.39, 0.29) is 5.78 Å². The minimum atomic E-state index is 0.131. The third kappa shape index (κ3) is 4.55. The van der Waals surface area contributed by atoms with Gasteiger partial charge in [-0.25, -0.2) is 0 Å². The molecule has 1 saturated heterocycles. The van der Waals surface area contributed by atoms with Crippen molar-refractivity contribution in [1.82, 2.24) is 0 Å². The standard InChI is InChI=1S/C17H25NO3/c1-4-16(19)15-7-5-6-8-17(15)20-10-9-18-11-13(2)21-14(3)12-18/h5-8,13-14H,4,9-12H2,1-3H3/p+1/t13-,14-/m1/s1. The van der Waals surface area contributed by atoms with Gasteiger partial charge in [0.15, 0.2) is 5.78 Å². The minimum absolute atomic E-state index is 0.131. The number of para-hydroxylation sites is 1. The molecule has 0 amide bonds. The zero-order valence-corrected chi connectivity index (χ0v) is 13.2. The lowest BCUT2D eigenvalue weighted by atomic mass is 10.1.